The van der Waals surface area contributed by atoms with Gasteiger partial charge in [0, 0.05) is 11.8 Å². The van der Waals surface area contributed by atoms with Crippen molar-refractivity contribution in [2.75, 3.05) is 11.5 Å². The molecule has 2 rings (SSSR count). The van der Waals surface area contributed by atoms with Gasteiger partial charge in [0.25, 0.3) is 0 Å². The van der Waals surface area contributed by atoms with E-state index in [-0.39, 0.29) is 12.1 Å². The normalized spacial score (nSPS) is 12.3. The molecule has 2 aromatic rings. The quantitative estimate of drug-likeness (QED) is 0.606. The maximum absolute atomic E-state index is 12.1. The molecule has 0 saturated carbocycles. The predicted molar refractivity (Wildman–Crippen MR) is 117 cm³/mol. The summed E-state index contributed by atoms with van der Waals surface area (Å²) in [5.74, 6) is 2.70. The Balaban J connectivity index is 1.90. The Kier molecular flexibility index (Phi) is 8.71. The van der Waals surface area contributed by atoms with Crippen molar-refractivity contribution in [1.29, 1.82) is 0 Å². The Labute approximate surface area is 173 Å². The predicted octanol–water partition coefficient (Wildman–Crippen LogP) is 5.45. The average molecular weight is 402 g/mol. The van der Waals surface area contributed by atoms with E-state index in [1.807, 2.05) is 75.0 Å². The molecule has 0 spiro atoms. The molecule has 5 heteroatoms. The molecule has 0 fully saturated rings. The maximum atomic E-state index is 12.1. The van der Waals surface area contributed by atoms with E-state index in [4.69, 9.17) is 9.47 Å². The third-order valence-corrected chi connectivity index (χ3v) is 4.94. The summed E-state index contributed by atoms with van der Waals surface area (Å²) in [6, 6.07) is 18.2. The van der Waals surface area contributed by atoms with Crippen LogP contribution in [0.15, 0.2) is 54.6 Å². The van der Waals surface area contributed by atoms with Gasteiger partial charge in [-0.15, -0.1) is 0 Å². The number of rotatable bonds is 9. The first-order valence-corrected chi connectivity index (χ1v) is 10.8. The molecule has 2 aromatic carbocycles. The van der Waals surface area contributed by atoms with Crippen molar-refractivity contribution in [1.82, 2.24) is 5.32 Å². The average Bonchev–Trinajstić information content (AvgIpc) is 2.65. The van der Waals surface area contributed by atoms with Crippen LogP contribution in [0.3, 0.4) is 0 Å². The van der Waals surface area contributed by atoms with Crippen LogP contribution in [0.1, 0.15) is 38.8 Å². The molecule has 28 heavy (non-hydrogen) atoms. The van der Waals surface area contributed by atoms with Gasteiger partial charge in [-0.05, 0) is 56.2 Å². The van der Waals surface area contributed by atoms with E-state index in [1.165, 1.54) is 0 Å². The number of amides is 1. The van der Waals surface area contributed by atoms with E-state index in [2.05, 4.69) is 24.4 Å². The highest BCUT2D eigenvalue weighted by Crippen LogP contribution is 2.17. The van der Waals surface area contributed by atoms with Gasteiger partial charge in [0.05, 0.1) is 0 Å². The highest BCUT2D eigenvalue weighted by atomic mass is 32.2. The molecule has 0 aromatic heterocycles. The lowest BCUT2D eigenvalue weighted by molar-refractivity contribution is 0.0509. The van der Waals surface area contributed by atoms with Crippen molar-refractivity contribution in [3.63, 3.8) is 0 Å². The van der Waals surface area contributed by atoms with Crippen molar-refractivity contribution < 1.29 is 14.3 Å². The summed E-state index contributed by atoms with van der Waals surface area (Å²) in [4.78, 5) is 12.1. The summed E-state index contributed by atoms with van der Waals surface area (Å²) >= 11 is 1.81. The van der Waals surface area contributed by atoms with E-state index in [9.17, 15) is 4.79 Å². The van der Waals surface area contributed by atoms with Crippen LogP contribution in [0.5, 0.6) is 5.75 Å². The van der Waals surface area contributed by atoms with Crippen molar-refractivity contribution in [3.8, 4) is 5.75 Å². The Morgan fingerprint density at radius 3 is 2.32 bits per heavy atom. The zero-order valence-corrected chi connectivity index (χ0v) is 18.1. The SMILES string of the molecule is CCSC[C@H](Cc1ccc(OCc2ccccc2)cc1)NC(=O)OC(C)(C)C. The summed E-state index contributed by atoms with van der Waals surface area (Å²) in [6.07, 6.45) is 0.391. The first kappa shape index (κ1) is 22.2. The van der Waals surface area contributed by atoms with Crippen LogP contribution < -0.4 is 10.1 Å². The van der Waals surface area contributed by atoms with Gasteiger partial charge < -0.3 is 14.8 Å². The zero-order valence-electron chi connectivity index (χ0n) is 17.2. The maximum Gasteiger partial charge on any atom is 0.407 e. The van der Waals surface area contributed by atoms with Crippen molar-refractivity contribution in [3.05, 3.63) is 65.7 Å². The third-order valence-electron chi connectivity index (χ3n) is 3.90. The summed E-state index contributed by atoms with van der Waals surface area (Å²) in [6.45, 7) is 8.29. The van der Waals surface area contributed by atoms with Crippen LogP contribution in [-0.4, -0.2) is 29.2 Å². The monoisotopic (exact) mass is 401 g/mol. The van der Waals surface area contributed by atoms with Gasteiger partial charge in [0.15, 0.2) is 0 Å². The van der Waals surface area contributed by atoms with Crippen LogP contribution in [0.2, 0.25) is 0 Å². The van der Waals surface area contributed by atoms with Gasteiger partial charge in [-0.25, -0.2) is 4.79 Å². The van der Waals surface area contributed by atoms with E-state index < -0.39 is 5.60 Å². The van der Waals surface area contributed by atoms with Crippen molar-refractivity contribution in [2.24, 2.45) is 0 Å². The lowest BCUT2D eigenvalue weighted by Gasteiger charge is -2.23. The Morgan fingerprint density at radius 2 is 1.71 bits per heavy atom. The van der Waals surface area contributed by atoms with Gasteiger partial charge >= 0.3 is 6.09 Å². The van der Waals surface area contributed by atoms with Crippen LogP contribution in [0.25, 0.3) is 0 Å². The lowest BCUT2D eigenvalue weighted by Crippen LogP contribution is -2.41. The van der Waals surface area contributed by atoms with Gasteiger partial charge in [-0.2, -0.15) is 11.8 Å². The topological polar surface area (TPSA) is 47.6 Å². The highest BCUT2D eigenvalue weighted by Gasteiger charge is 2.19. The Bertz CT molecular complexity index is 711. The van der Waals surface area contributed by atoms with E-state index >= 15 is 0 Å². The molecule has 152 valence electrons. The van der Waals surface area contributed by atoms with Crippen LogP contribution in [0, 0.1) is 0 Å². The molecule has 0 unspecified atom stereocenters. The minimum absolute atomic E-state index is 0.0240. The summed E-state index contributed by atoms with van der Waals surface area (Å²) in [7, 11) is 0. The molecular formula is C23H31NO3S. The number of hydrogen-bond donors (Lipinski definition) is 1. The Hall–Kier alpha value is -2.14. The summed E-state index contributed by atoms with van der Waals surface area (Å²) < 4.78 is 11.2. The van der Waals surface area contributed by atoms with Gasteiger partial charge in [-0.3, -0.25) is 0 Å². The largest absolute Gasteiger partial charge is 0.489 e. The number of carbonyl (C=O) groups is 1. The third kappa shape index (κ3) is 8.70. The molecule has 0 saturated heterocycles. The number of alkyl carbamates (subject to hydrolysis) is 1. The number of benzene rings is 2. The van der Waals surface area contributed by atoms with Crippen molar-refractivity contribution >= 4 is 17.9 Å². The minimum Gasteiger partial charge on any atom is -0.489 e. The number of ether oxygens (including phenoxy) is 2. The second-order valence-corrected chi connectivity index (χ2v) is 8.94. The van der Waals surface area contributed by atoms with Gasteiger partial charge in [0.2, 0.25) is 0 Å². The van der Waals surface area contributed by atoms with E-state index in [0.29, 0.717) is 6.61 Å². The van der Waals surface area contributed by atoms with Crippen LogP contribution >= 0.6 is 11.8 Å². The number of hydrogen-bond acceptors (Lipinski definition) is 4. The summed E-state index contributed by atoms with van der Waals surface area (Å²) in [5, 5.41) is 3.00. The molecule has 0 heterocycles. The van der Waals surface area contributed by atoms with E-state index in [1.54, 1.807) is 0 Å². The van der Waals surface area contributed by atoms with E-state index in [0.717, 1.165) is 34.8 Å². The molecule has 0 radical (unpaired) electrons. The molecule has 1 N–H and O–H groups in total. The van der Waals surface area contributed by atoms with Gasteiger partial charge in [-0.1, -0.05) is 49.4 Å². The number of thioether (sulfide) groups is 1. The molecule has 0 aliphatic carbocycles. The summed E-state index contributed by atoms with van der Waals surface area (Å²) in [5.41, 5.74) is 1.80. The smallest absolute Gasteiger partial charge is 0.407 e. The minimum atomic E-state index is -0.496. The van der Waals surface area contributed by atoms with Gasteiger partial charge in [0.1, 0.15) is 18.0 Å². The second-order valence-electron chi connectivity index (χ2n) is 7.62. The zero-order chi connectivity index (χ0) is 20.4. The number of carbonyl (C=O) groups excluding carboxylic acids is 1. The molecule has 0 aliphatic rings. The fourth-order valence-corrected chi connectivity index (χ4v) is 3.35. The first-order valence-electron chi connectivity index (χ1n) is 9.68. The molecule has 0 aliphatic heterocycles. The molecule has 0 bridgehead atoms. The first-order chi connectivity index (χ1) is 13.4. The Morgan fingerprint density at radius 1 is 1.04 bits per heavy atom. The van der Waals surface area contributed by atoms with Crippen LogP contribution in [-0.2, 0) is 17.8 Å². The fourth-order valence-electron chi connectivity index (χ4n) is 2.63. The standard InChI is InChI=1S/C23H31NO3S/c1-5-28-17-20(24-22(25)27-23(2,3)4)15-18-11-13-21(14-12-18)26-16-19-9-7-6-8-10-19/h6-14,20H,5,15-17H2,1-4H3,(H,24,25)/t20-/m0/s1. The molecule has 4 nitrogen and oxygen atoms in total. The molecule has 1 atom stereocenters. The second kappa shape index (κ2) is 11.0. The van der Waals surface area contributed by atoms with Crippen molar-refractivity contribution in [2.45, 2.75) is 52.4 Å². The lowest BCUT2D eigenvalue weighted by atomic mass is 10.1. The molecule has 1 amide bonds. The molecular weight excluding hydrogens is 370 g/mol. The highest BCUT2D eigenvalue weighted by molar-refractivity contribution is 7.99. The number of nitrogens with one attached hydrogen (secondary N) is 1. The van der Waals surface area contributed by atoms with Crippen LogP contribution in [0.4, 0.5) is 4.79 Å². The fraction of sp³-hybridized carbons (Fsp3) is 0.435.